The summed E-state index contributed by atoms with van der Waals surface area (Å²) in [6.45, 7) is 5.16. The summed E-state index contributed by atoms with van der Waals surface area (Å²) in [5, 5.41) is 4.30. The van der Waals surface area contributed by atoms with Crippen LogP contribution in [-0.4, -0.2) is 14.8 Å². The normalized spacial score (nSPS) is 14.2. The predicted molar refractivity (Wildman–Crippen MR) is 79.9 cm³/mol. The molecule has 0 saturated carbocycles. The quantitative estimate of drug-likeness (QED) is 0.600. The van der Waals surface area contributed by atoms with Gasteiger partial charge in [-0.3, -0.25) is 5.84 Å². The van der Waals surface area contributed by atoms with E-state index in [1.54, 1.807) is 6.33 Å². The van der Waals surface area contributed by atoms with Crippen LogP contribution >= 0.6 is 0 Å². The Kier molecular flexibility index (Phi) is 5.26. The van der Waals surface area contributed by atoms with E-state index in [1.165, 1.54) is 5.56 Å². The summed E-state index contributed by atoms with van der Waals surface area (Å²) in [6, 6.07) is 10.4. The minimum Gasteiger partial charge on any atom is -0.271 e. The van der Waals surface area contributed by atoms with Gasteiger partial charge < -0.3 is 0 Å². The number of rotatable bonds is 7. The first-order valence-electron chi connectivity index (χ1n) is 7.20. The van der Waals surface area contributed by atoms with Gasteiger partial charge in [0.25, 0.3) is 0 Å². The maximum atomic E-state index is 5.81. The van der Waals surface area contributed by atoms with E-state index < -0.39 is 0 Å². The van der Waals surface area contributed by atoms with Crippen molar-refractivity contribution < 1.29 is 0 Å². The summed E-state index contributed by atoms with van der Waals surface area (Å²) in [5.41, 5.74) is 4.20. The molecule has 0 aliphatic rings. The van der Waals surface area contributed by atoms with E-state index in [2.05, 4.69) is 53.6 Å². The van der Waals surface area contributed by atoms with Crippen LogP contribution in [0.25, 0.3) is 0 Å². The molecule has 3 N–H and O–H groups in total. The zero-order valence-electron chi connectivity index (χ0n) is 12.2. The van der Waals surface area contributed by atoms with Crippen molar-refractivity contribution in [1.29, 1.82) is 0 Å². The Labute approximate surface area is 120 Å². The van der Waals surface area contributed by atoms with E-state index in [9.17, 15) is 0 Å². The Morgan fingerprint density at radius 2 is 2.00 bits per heavy atom. The number of benzene rings is 1. The minimum atomic E-state index is -0.0311. The molecule has 0 amide bonds. The highest BCUT2D eigenvalue weighted by Gasteiger charge is 2.26. The van der Waals surface area contributed by atoms with Crippen molar-refractivity contribution in [2.45, 2.75) is 45.2 Å². The van der Waals surface area contributed by atoms with Crippen LogP contribution in [0.2, 0.25) is 0 Å². The summed E-state index contributed by atoms with van der Waals surface area (Å²) >= 11 is 0. The third-order valence-corrected chi connectivity index (χ3v) is 3.61. The van der Waals surface area contributed by atoms with Crippen molar-refractivity contribution in [3.63, 3.8) is 0 Å². The molecule has 1 aromatic carbocycles. The van der Waals surface area contributed by atoms with Gasteiger partial charge in [0.1, 0.15) is 12.2 Å². The molecular weight excluding hydrogens is 250 g/mol. The molecule has 0 fully saturated rings. The molecule has 2 aromatic rings. The number of aromatic nitrogens is 3. The second-order valence-electron chi connectivity index (χ2n) is 4.91. The average Bonchev–Trinajstić information content (AvgIpc) is 2.94. The standard InChI is InChI=1S/C15H23N5/c1-3-10-20-15(17-11-18-20)14(19-16)13(4-2)12-8-6-5-7-9-12/h5-9,11,13-14,19H,3-4,10,16H2,1-2H3. The maximum absolute atomic E-state index is 5.81. The first-order valence-corrected chi connectivity index (χ1v) is 7.20. The average molecular weight is 273 g/mol. The molecular formula is C15H23N5. The zero-order chi connectivity index (χ0) is 14.4. The second kappa shape index (κ2) is 7.17. The SMILES string of the molecule is CCCn1ncnc1C(NN)C(CC)c1ccccc1. The van der Waals surface area contributed by atoms with E-state index in [-0.39, 0.29) is 12.0 Å². The zero-order valence-corrected chi connectivity index (χ0v) is 12.2. The summed E-state index contributed by atoms with van der Waals surface area (Å²) < 4.78 is 1.94. The van der Waals surface area contributed by atoms with Crippen molar-refractivity contribution in [1.82, 2.24) is 20.2 Å². The first kappa shape index (κ1) is 14.7. The molecule has 2 atom stereocenters. The van der Waals surface area contributed by atoms with Gasteiger partial charge >= 0.3 is 0 Å². The van der Waals surface area contributed by atoms with E-state index in [0.717, 1.165) is 25.2 Å². The van der Waals surface area contributed by atoms with Gasteiger partial charge in [0.05, 0.1) is 6.04 Å². The largest absolute Gasteiger partial charge is 0.271 e. The van der Waals surface area contributed by atoms with Crippen LogP contribution in [-0.2, 0) is 6.54 Å². The molecule has 108 valence electrons. The van der Waals surface area contributed by atoms with Gasteiger partial charge in [0, 0.05) is 12.5 Å². The summed E-state index contributed by atoms with van der Waals surface area (Å²) in [6.07, 6.45) is 3.61. The number of nitrogens with one attached hydrogen (secondary N) is 1. The number of nitrogens with two attached hydrogens (primary N) is 1. The van der Waals surface area contributed by atoms with Gasteiger partial charge in [-0.2, -0.15) is 5.10 Å². The first-order chi connectivity index (χ1) is 9.81. The van der Waals surface area contributed by atoms with Crippen molar-refractivity contribution in [2.75, 3.05) is 0 Å². The van der Waals surface area contributed by atoms with Crippen LogP contribution in [0, 0.1) is 0 Å². The monoisotopic (exact) mass is 273 g/mol. The lowest BCUT2D eigenvalue weighted by Crippen LogP contribution is -2.34. The Morgan fingerprint density at radius 1 is 1.25 bits per heavy atom. The molecule has 0 aliphatic heterocycles. The summed E-state index contributed by atoms with van der Waals surface area (Å²) in [7, 11) is 0. The fraction of sp³-hybridized carbons (Fsp3) is 0.467. The van der Waals surface area contributed by atoms with Crippen molar-refractivity contribution in [3.05, 3.63) is 48.0 Å². The van der Waals surface area contributed by atoms with Gasteiger partial charge in [0.2, 0.25) is 0 Å². The molecule has 0 bridgehead atoms. The number of aryl methyl sites for hydroxylation is 1. The lowest BCUT2D eigenvalue weighted by molar-refractivity contribution is 0.399. The van der Waals surface area contributed by atoms with Crippen LogP contribution in [0.15, 0.2) is 36.7 Å². The van der Waals surface area contributed by atoms with Gasteiger partial charge in [-0.1, -0.05) is 44.2 Å². The number of hydrogen-bond acceptors (Lipinski definition) is 4. The molecule has 5 heteroatoms. The van der Waals surface area contributed by atoms with Crippen LogP contribution in [0.3, 0.4) is 0 Å². The van der Waals surface area contributed by atoms with E-state index >= 15 is 0 Å². The molecule has 0 saturated heterocycles. The third-order valence-electron chi connectivity index (χ3n) is 3.61. The Balaban J connectivity index is 2.32. The smallest absolute Gasteiger partial charge is 0.145 e. The number of hydrazine groups is 1. The van der Waals surface area contributed by atoms with Gasteiger partial charge in [-0.15, -0.1) is 0 Å². The molecule has 0 spiro atoms. The Bertz CT molecular complexity index is 508. The van der Waals surface area contributed by atoms with E-state index in [0.29, 0.717) is 0 Å². The van der Waals surface area contributed by atoms with Crippen LogP contribution in [0.4, 0.5) is 0 Å². The molecule has 2 unspecified atom stereocenters. The molecule has 2 rings (SSSR count). The lowest BCUT2D eigenvalue weighted by atomic mass is 9.89. The lowest BCUT2D eigenvalue weighted by Gasteiger charge is -2.25. The third kappa shape index (κ3) is 3.05. The van der Waals surface area contributed by atoms with Crippen molar-refractivity contribution in [2.24, 2.45) is 5.84 Å². The van der Waals surface area contributed by atoms with Crippen molar-refractivity contribution in [3.8, 4) is 0 Å². The molecule has 0 aliphatic carbocycles. The van der Waals surface area contributed by atoms with Crippen LogP contribution in [0.1, 0.15) is 50.0 Å². The molecule has 20 heavy (non-hydrogen) atoms. The number of nitrogens with zero attached hydrogens (tertiary/aromatic N) is 3. The maximum Gasteiger partial charge on any atom is 0.145 e. The summed E-state index contributed by atoms with van der Waals surface area (Å²) in [4.78, 5) is 4.41. The minimum absolute atomic E-state index is 0.0311. The second-order valence-corrected chi connectivity index (χ2v) is 4.91. The van der Waals surface area contributed by atoms with Crippen molar-refractivity contribution >= 4 is 0 Å². The fourth-order valence-corrected chi connectivity index (χ4v) is 2.63. The van der Waals surface area contributed by atoms with Crippen LogP contribution in [0.5, 0.6) is 0 Å². The summed E-state index contributed by atoms with van der Waals surface area (Å²) in [5.74, 6) is 7.00. The highest BCUT2D eigenvalue weighted by molar-refractivity contribution is 5.23. The molecule has 5 nitrogen and oxygen atoms in total. The molecule has 1 heterocycles. The van der Waals surface area contributed by atoms with Crippen LogP contribution < -0.4 is 11.3 Å². The highest BCUT2D eigenvalue weighted by atomic mass is 15.4. The Morgan fingerprint density at radius 3 is 2.60 bits per heavy atom. The van der Waals surface area contributed by atoms with Gasteiger partial charge in [-0.05, 0) is 18.4 Å². The van der Waals surface area contributed by atoms with Gasteiger partial charge in [0.15, 0.2) is 0 Å². The van der Waals surface area contributed by atoms with Gasteiger partial charge in [-0.25, -0.2) is 15.1 Å². The molecule has 1 aromatic heterocycles. The Hall–Kier alpha value is -1.72. The fourth-order valence-electron chi connectivity index (χ4n) is 2.63. The number of hydrogen-bond donors (Lipinski definition) is 2. The topological polar surface area (TPSA) is 68.8 Å². The predicted octanol–water partition coefficient (Wildman–Crippen LogP) is 2.39. The van der Waals surface area contributed by atoms with E-state index in [4.69, 9.17) is 5.84 Å². The molecule has 0 radical (unpaired) electrons. The van der Waals surface area contributed by atoms with E-state index in [1.807, 2.05) is 10.7 Å². The highest BCUT2D eigenvalue weighted by Crippen LogP contribution is 2.32.